The van der Waals surface area contributed by atoms with E-state index in [9.17, 15) is 9.59 Å². The van der Waals surface area contributed by atoms with E-state index in [1.54, 1.807) is 7.11 Å². The van der Waals surface area contributed by atoms with Gasteiger partial charge in [0.25, 0.3) is 5.91 Å². The zero-order valence-electron chi connectivity index (χ0n) is 17.3. The second-order valence-electron chi connectivity index (χ2n) is 8.40. The number of rotatable bonds is 4. The van der Waals surface area contributed by atoms with Crippen molar-refractivity contribution in [3.63, 3.8) is 0 Å². The van der Waals surface area contributed by atoms with Crippen molar-refractivity contribution in [1.29, 1.82) is 0 Å². The van der Waals surface area contributed by atoms with E-state index in [2.05, 4.69) is 11.4 Å². The van der Waals surface area contributed by atoms with Crippen molar-refractivity contribution in [3.05, 3.63) is 59.2 Å². The molecule has 30 heavy (non-hydrogen) atoms. The Bertz CT molecular complexity index is 1000. The Balaban J connectivity index is 1.45. The molecule has 1 N–H and O–H groups in total. The standard InChI is InChI=1S/C24H27N3O3/c1-30-15-14-27-20-10-3-2-9-19(20)24(23(27)29)11-13-26(16-24)22(28)18-8-4-6-17-7-5-12-25-21(17)18/h2-4,6,8-10,25H,5,7,11-16H2,1H3. The van der Waals surface area contributed by atoms with E-state index in [0.29, 0.717) is 32.7 Å². The molecular formula is C24H27N3O3. The minimum Gasteiger partial charge on any atom is -0.384 e. The number of hydrogen-bond donors (Lipinski definition) is 1. The van der Waals surface area contributed by atoms with Gasteiger partial charge in [-0.05, 0) is 42.5 Å². The van der Waals surface area contributed by atoms with Gasteiger partial charge in [0.15, 0.2) is 0 Å². The summed E-state index contributed by atoms with van der Waals surface area (Å²) >= 11 is 0. The van der Waals surface area contributed by atoms with E-state index in [-0.39, 0.29) is 11.8 Å². The number of nitrogens with one attached hydrogen (secondary N) is 1. The summed E-state index contributed by atoms with van der Waals surface area (Å²) in [5, 5.41) is 3.41. The van der Waals surface area contributed by atoms with E-state index < -0.39 is 5.41 Å². The van der Waals surface area contributed by atoms with Gasteiger partial charge in [-0.1, -0.05) is 30.3 Å². The Morgan fingerprint density at radius 3 is 2.93 bits per heavy atom. The van der Waals surface area contributed by atoms with Crippen LogP contribution in [0.5, 0.6) is 0 Å². The zero-order chi connectivity index (χ0) is 20.7. The summed E-state index contributed by atoms with van der Waals surface area (Å²) in [7, 11) is 1.65. The SMILES string of the molecule is COCCN1C(=O)C2(CCN(C(=O)c3cccc4c3NCCC4)C2)c2ccccc21. The van der Waals surface area contributed by atoms with Crippen molar-refractivity contribution in [1.82, 2.24) is 4.90 Å². The number of anilines is 2. The second kappa shape index (κ2) is 7.43. The van der Waals surface area contributed by atoms with Crippen molar-refractivity contribution < 1.29 is 14.3 Å². The van der Waals surface area contributed by atoms with Gasteiger partial charge in [-0.2, -0.15) is 0 Å². The van der Waals surface area contributed by atoms with Crippen LogP contribution in [-0.4, -0.2) is 56.6 Å². The Morgan fingerprint density at radius 2 is 2.07 bits per heavy atom. The first kappa shape index (κ1) is 19.1. The number of likely N-dealkylation sites (tertiary alicyclic amines) is 1. The van der Waals surface area contributed by atoms with Gasteiger partial charge in [0.1, 0.15) is 0 Å². The van der Waals surface area contributed by atoms with Crippen molar-refractivity contribution in [2.24, 2.45) is 0 Å². The highest BCUT2D eigenvalue weighted by atomic mass is 16.5. The highest BCUT2D eigenvalue weighted by Crippen LogP contribution is 2.47. The minimum atomic E-state index is -0.651. The molecule has 6 nitrogen and oxygen atoms in total. The van der Waals surface area contributed by atoms with E-state index in [1.165, 1.54) is 5.56 Å². The van der Waals surface area contributed by atoms with E-state index in [1.807, 2.05) is 46.2 Å². The maximum atomic E-state index is 13.5. The largest absolute Gasteiger partial charge is 0.384 e. The lowest BCUT2D eigenvalue weighted by Crippen LogP contribution is -2.44. The molecule has 1 fully saturated rings. The predicted octanol–water partition coefficient (Wildman–Crippen LogP) is 2.82. The summed E-state index contributed by atoms with van der Waals surface area (Å²) < 4.78 is 5.22. The Morgan fingerprint density at radius 1 is 1.20 bits per heavy atom. The van der Waals surface area contributed by atoms with Gasteiger partial charge in [0, 0.05) is 39.0 Å². The number of fused-ring (bicyclic) bond motifs is 3. The van der Waals surface area contributed by atoms with Gasteiger partial charge in [0.2, 0.25) is 5.91 Å². The van der Waals surface area contributed by atoms with Crippen LogP contribution in [-0.2, 0) is 21.4 Å². The number of amides is 2. The highest BCUT2D eigenvalue weighted by Gasteiger charge is 2.55. The molecule has 1 spiro atoms. The van der Waals surface area contributed by atoms with Gasteiger partial charge in [-0.15, -0.1) is 0 Å². The monoisotopic (exact) mass is 405 g/mol. The average Bonchev–Trinajstić information content (AvgIpc) is 3.33. The number of ether oxygens (including phenoxy) is 1. The quantitative estimate of drug-likeness (QED) is 0.850. The Kier molecular flexibility index (Phi) is 4.74. The molecule has 0 saturated carbocycles. The molecule has 6 heteroatoms. The number of methoxy groups -OCH3 is 1. The number of para-hydroxylation sites is 2. The van der Waals surface area contributed by atoms with Crippen molar-refractivity contribution in [2.45, 2.75) is 24.7 Å². The summed E-state index contributed by atoms with van der Waals surface area (Å²) in [6.07, 6.45) is 2.73. The van der Waals surface area contributed by atoms with Crippen LogP contribution >= 0.6 is 0 Å². The lowest BCUT2D eigenvalue weighted by Gasteiger charge is -2.26. The molecule has 3 aliphatic heterocycles. The Labute approximate surface area is 176 Å². The van der Waals surface area contributed by atoms with Crippen LogP contribution in [0.15, 0.2) is 42.5 Å². The van der Waals surface area contributed by atoms with Crippen LogP contribution in [0.2, 0.25) is 0 Å². The smallest absolute Gasteiger partial charge is 0.256 e. The molecule has 0 bridgehead atoms. The number of hydrogen-bond acceptors (Lipinski definition) is 4. The van der Waals surface area contributed by atoms with Gasteiger partial charge in [-0.25, -0.2) is 0 Å². The molecular weight excluding hydrogens is 378 g/mol. The van der Waals surface area contributed by atoms with E-state index >= 15 is 0 Å². The van der Waals surface area contributed by atoms with Crippen molar-refractivity contribution in [3.8, 4) is 0 Å². The molecule has 5 rings (SSSR count). The van der Waals surface area contributed by atoms with Crippen molar-refractivity contribution in [2.75, 3.05) is 50.1 Å². The number of nitrogens with zero attached hydrogens (tertiary/aromatic N) is 2. The van der Waals surface area contributed by atoms with Crippen LogP contribution in [0.1, 0.15) is 34.3 Å². The molecule has 156 valence electrons. The summed E-state index contributed by atoms with van der Waals surface area (Å²) in [4.78, 5) is 30.7. The molecule has 2 amide bonds. The van der Waals surface area contributed by atoms with Gasteiger partial charge in [-0.3, -0.25) is 9.59 Å². The van der Waals surface area contributed by atoms with E-state index in [4.69, 9.17) is 4.74 Å². The number of carbonyl (C=O) groups excluding carboxylic acids is 2. The maximum Gasteiger partial charge on any atom is 0.256 e. The number of aryl methyl sites for hydroxylation is 1. The minimum absolute atomic E-state index is 0.0127. The molecule has 3 aliphatic rings. The summed E-state index contributed by atoms with van der Waals surface area (Å²) in [5.74, 6) is 0.100. The molecule has 1 atom stereocenters. The molecule has 0 aliphatic carbocycles. The zero-order valence-corrected chi connectivity index (χ0v) is 17.3. The molecule has 1 unspecified atom stereocenters. The first-order valence-corrected chi connectivity index (χ1v) is 10.7. The fourth-order valence-corrected chi connectivity index (χ4v) is 5.24. The fourth-order valence-electron chi connectivity index (χ4n) is 5.24. The second-order valence-corrected chi connectivity index (χ2v) is 8.40. The molecule has 3 heterocycles. The first-order valence-electron chi connectivity index (χ1n) is 10.7. The number of benzene rings is 2. The highest BCUT2D eigenvalue weighted by molar-refractivity contribution is 6.09. The summed E-state index contributed by atoms with van der Waals surface area (Å²) in [6.45, 7) is 2.91. The van der Waals surface area contributed by atoms with Crippen LogP contribution in [0, 0.1) is 0 Å². The van der Waals surface area contributed by atoms with Gasteiger partial charge in [0.05, 0.1) is 23.3 Å². The normalized spacial score (nSPS) is 22.2. The molecule has 2 aromatic rings. The predicted molar refractivity (Wildman–Crippen MR) is 116 cm³/mol. The van der Waals surface area contributed by atoms with Crippen molar-refractivity contribution >= 4 is 23.2 Å². The van der Waals surface area contributed by atoms with Gasteiger partial charge >= 0.3 is 0 Å². The first-order chi connectivity index (χ1) is 14.7. The third kappa shape index (κ3) is 2.82. The van der Waals surface area contributed by atoms with Crippen LogP contribution in [0.25, 0.3) is 0 Å². The fraction of sp³-hybridized carbons (Fsp3) is 0.417. The van der Waals surface area contributed by atoms with Crippen LogP contribution in [0.3, 0.4) is 0 Å². The third-order valence-electron chi connectivity index (χ3n) is 6.75. The van der Waals surface area contributed by atoms with Crippen LogP contribution in [0.4, 0.5) is 11.4 Å². The lowest BCUT2D eigenvalue weighted by atomic mass is 9.81. The molecule has 1 saturated heterocycles. The van der Waals surface area contributed by atoms with E-state index in [0.717, 1.165) is 41.9 Å². The van der Waals surface area contributed by atoms with Gasteiger partial charge < -0.3 is 19.9 Å². The average molecular weight is 405 g/mol. The van der Waals surface area contributed by atoms with Crippen LogP contribution < -0.4 is 10.2 Å². The third-order valence-corrected chi connectivity index (χ3v) is 6.75. The Hall–Kier alpha value is -2.86. The molecule has 0 radical (unpaired) electrons. The molecule has 2 aromatic carbocycles. The summed E-state index contributed by atoms with van der Waals surface area (Å²) in [5.41, 5.74) is 4.23. The summed E-state index contributed by atoms with van der Waals surface area (Å²) in [6, 6.07) is 13.9. The molecule has 0 aromatic heterocycles. The topological polar surface area (TPSA) is 61.9 Å². The number of carbonyl (C=O) groups is 2. The lowest BCUT2D eigenvalue weighted by molar-refractivity contribution is -0.122. The maximum absolute atomic E-state index is 13.5.